The zero-order chi connectivity index (χ0) is 15.2. The van der Waals surface area contributed by atoms with Gasteiger partial charge in [0.05, 0.1) is 7.11 Å². The summed E-state index contributed by atoms with van der Waals surface area (Å²) in [6.45, 7) is 9.65. The van der Waals surface area contributed by atoms with E-state index in [1.807, 2.05) is 34.1 Å². The predicted molar refractivity (Wildman–Crippen MR) is 85.1 cm³/mol. The highest BCUT2D eigenvalue weighted by Gasteiger charge is 2.29. The standard InChI is InChI=1S/C16H25N3O2/c1-4-17(5-2)10-11-18-12-13-19(16(18)20)14-6-8-15(21-3)9-7-14/h6-9H,4-5,10-13H2,1-3H3. The van der Waals surface area contributed by atoms with Gasteiger partial charge in [0.25, 0.3) is 0 Å². The first-order valence-electron chi connectivity index (χ1n) is 7.62. The van der Waals surface area contributed by atoms with Crippen LogP contribution in [0.3, 0.4) is 0 Å². The van der Waals surface area contributed by atoms with Crippen LogP contribution in [0.4, 0.5) is 10.5 Å². The molecule has 2 amide bonds. The third-order valence-corrected chi connectivity index (χ3v) is 4.06. The molecule has 5 heteroatoms. The maximum atomic E-state index is 12.5. The number of nitrogens with zero attached hydrogens (tertiary/aromatic N) is 3. The minimum atomic E-state index is 0.104. The number of amides is 2. The molecule has 0 atom stereocenters. The van der Waals surface area contributed by atoms with Gasteiger partial charge in [-0.15, -0.1) is 0 Å². The summed E-state index contributed by atoms with van der Waals surface area (Å²) in [5.41, 5.74) is 0.936. The Morgan fingerprint density at radius 3 is 2.38 bits per heavy atom. The normalized spacial score (nSPS) is 15.1. The van der Waals surface area contributed by atoms with E-state index in [1.165, 1.54) is 0 Å². The summed E-state index contributed by atoms with van der Waals surface area (Å²) in [7, 11) is 1.64. The van der Waals surface area contributed by atoms with Gasteiger partial charge in [-0.05, 0) is 37.4 Å². The molecule has 0 bridgehead atoms. The summed E-state index contributed by atoms with van der Waals surface area (Å²) >= 11 is 0. The van der Waals surface area contributed by atoms with E-state index in [0.717, 1.165) is 50.7 Å². The summed E-state index contributed by atoms with van der Waals surface area (Å²) in [6.07, 6.45) is 0. The van der Waals surface area contributed by atoms with Crippen LogP contribution >= 0.6 is 0 Å². The van der Waals surface area contributed by atoms with E-state index < -0.39 is 0 Å². The number of carbonyl (C=O) groups excluding carboxylic acids is 1. The van der Waals surface area contributed by atoms with Crippen molar-refractivity contribution in [3.8, 4) is 5.75 Å². The number of ether oxygens (including phenoxy) is 1. The molecule has 1 aromatic rings. The molecule has 0 saturated carbocycles. The fraction of sp³-hybridized carbons (Fsp3) is 0.562. The first kappa shape index (κ1) is 15.6. The van der Waals surface area contributed by atoms with Crippen LogP contribution in [0.25, 0.3) is 0 Å². The number of urea groups is 1. The molecule has 1 heterocycles. The molecule has 2 rings (SSSR count). The van der Waals surface area contributed by atoms with Gasteiger partial charge in [-0.25, -0.2) is 4.79 Å². The minimum absolute atomic E-state index is 0.104. The van der Waals surface area contributed by atoms with Gasteiger partial charge in [-0.1, -0.05) is 13.8 Å². The monoisotopic (exact) mass is 291 g/mol. The van der Waals surface area contributed by atoms with Gasteiger partial charge in [0, 0.05) is 31.9 Å². The van der Waals surface area contributed by atoms with Crippen molar-refractivity contribution in [2.75, 3.05) is 51.3 Å². The molecule has 1 saturated heterocycles. The molecule has 0 spiro atoms. The fourth-order valence-electron chi connectivity index (χ4n) is 2.59. The van der Waals surface area contributed by atoms with Crippen molar-refractivity contribution in [1.29, 1.82) is 0 Å². The molecular weight excluding hydrogens is 266 g/mol. The maximum Gasteiger partial charge on any atom is 0.324 e. The fourth-order valence-corrected chi connectivity index (χ4v) is 2.59. The van der Waals surface area contributed by atoms with Crippen LogP contribution in [0.15, 0.2) is 24.3 Å². The zero-order valence-corrected chi connectivity index (χ0v) is 13.2. The second kappa shape index (κ2) is 7.31. The van der Waals surface area contributed by atoms with Crippen LogP contribution in [-0.4, -0.2) is 62.2 Å². The molecule has 21 heavy (non-hydrogen) atoms. The quantitative estimate of drug-likeness (QED) is 0.773. The van der Waals surface area contributed by atoms with Crippen molar-refractivity contribution in [2.45, 2.75) is 13.8 Å². The number of methoxy groups -OCH3 is 1. The lowest BCUT2D eigenvalue weighted by Gasteiger charge is -2.23. The lowest BCUT2D eigenvalue weighted by Crippen LogP contribution is -2.38. The number of rotatable bonds is 7. The molecule has 0 N–H and O–H groups in total. The zero-order valence-electron chi connectivity index (χ0n) is 13.2. The number of benzene rings is 1. The summed E-state index contributed by atoms with van der Waals surface area (Å²) in [5, 5.41) is 0. The Labute approximate surface area is 127 Å². The van der Waals surface area contributed by atoms with E-state index in [9.17, 15) is 4.79 Å². The lowest BCUT2D eigenvalue weighted by atomic mass is 10.3. The van der Waals surface area contributed by atoms with Crippen LogP contribution in [0, 0.1) is 0 Å². The summed E-state index contributed by atoms with van der Waals surface area (Å²) in [6, 6.07) is 7.75. The number of anilines is 1. The Morgan fingerprint density at radius 1 is 1.14 bits per heavy atom. The Balaban J connectivity index is 1.94. The van der Waals surface area contributed by atoms with E-state index in [2.05, 4.69) is 18.7 Å². The topological polar surface area (TPSA) is 36.0 Å². The average molecular weight is 291 g/mol. The van der Waals surface area contributed by atoms with Crippen LogP contribution in [0.1, 0.15) is 13.8 Å². The van der Waals surface area contributed by atoms with Crippen molar-refractivity contribution < 1.29 is 9.53 Å². The van der Waals surface area contributed by atoms with Crippen molar-refractivity contribution in [3.63, 3.8) is 0 Å². The Morgan fingerprint density at radius 2 is 1.81 bits per heavy atom. The number of carbonyl (C=O) groups is 1. The van der Waals surface area contributed by atoms with Crippen LogP contribution in [0.2, 0.25) is 0 Å². The molecule has 1 aromatic carbocycles. The molecule has 0 aliphatic carbocycles. The van der Waals surface area contributed by atoms with Crippen LogP contribution in [0.5, 0.6) is 5.75 Å². The molecule has 0 unspecified atom stereocenters. The second-order valence-electron chi connectivity index (χ2n) is 5.15. The molecule has 0 radical (unpaired) electrons. The van der Waals surface area contributed by atoms with Gasteiger partial charge < -0.3 is 14.5 Å². The lowest BCUT2D eigenvalue weighted by molar-refractivity contribution is 0.207. The molecule has 0 aromatic heterocycles. The van der Waals surface area contributed by atoms with Crippen molar-refractivity contribution >= 4 is 11.7 Å². The largest absolute Gasteiger partial charge is 0.497 e. The minimum Gasteiger partial charge on any atom is -0.497 e. The van der Waals surface area contributed by atoms with E-state index in [4.69, 9.17) is 4.74 Å². The average Bonchev–Trinajstić information content (AvgIpc) is 2.89. The molecule has 1 fully saturated rings. The van der Waals surface area contributed by atoms with Gasteiger partial charge in [0.1, 0.15) is 5.75 Å². The van der Waals surface area contributed by atoms with E-state index >= 15 is 0 Å². The third kappa shape index (κ3) is 3.67. The second-order valence-corrected chi connectivity index (χ2v) is 5.15. The van der Waals surface area contributed by atoms with Gasteiger partial charge in [-0.2, -0.15) is 0 Å². The molecule has 116 valence electrons. The first-order valence-corrected chi connectivity index (χ1v) is 7.62. The highest BCUT2D eigenvalue weighted by Crippen LogP contribution is 2.23. The SMILES string of the molecule is CCN(CC)CCN1CCN(c2ccc(OC)cc2)C1=O. The molecule has 1 aliphatic rings. The van der Waals surface area contributed by atoms with Gasteiger partial charge >= 0.3 is 6.03 Å². The van der Waals surface area contributed by atoms with E-state index in [0.29, 0.717) is 0 Å². The third-order valence-electron chi connectivity index (χ3n) is 4.06. The molecule has 5 nitrogen and oxygen atoms in total. The van der Waals surface area contributed by atoms with Crippen molar-refractivity contribution in [3.05, 3.63) is 24.3 Å². The van der Waals surface area contributed by atoms with Gasteiger partial charge in [0.2, 0.25) is 0 Å². The van der Waals surface area contributed by atoms with E-state index in [1.54, 1.807) is 7.11 Å². The van der Waals surface area contributed by atoms with Crippen molar-refractivity contribution in [1.82, 2.24) is 9.80 Å². The Kier molecular flexibility index (Phi) is 5.44. The van der Waals surface area contributed by atoms with Crippen LogP contribution in [-0.2, 0) is 0 Å². The van der Waals surface area contributed by atoms with E-state index in [-0.39, 0.29) is 6.03 Å². The number of hydrogen-bond donors (Lipinski definition) is 0. The summed E-state index contributed by atoms with van der Waals surface area (Å²) in [4.78, 5) is 18.6. The maximum absolute atomic E-state index is 12.5. The molecular formula is C16H25N3O2. The number of hydrogen-bond acceptors (Lipinski definition) is 3. The predicted octanol–water partition coefficient (Wildman–Crippen LogP) is 2.28. The molecule has 1 aliphatic heterocycles. The highest BCUT2D eigenvalue weighted by molar-refractivity contribution is 5.94. The Hall–Kier alpha value is -1.75. The highest BCUT2D eigenvalue weighted by atomic mass is 16.5. The smallest absolute Gasteiger partial charge is 0.324 e. The first-order chi connectivity index (χ1) is 10.2. The number of likely N-dealkylation sites (N-methyl/N-ethyl adjacent to an activating group) is 1. The van der Waals surface area contributed by atoms with Crippen molar-refractivity contribution in [2.24, 2.45) is 0 Å². The Bertz CT molecular complexity index is 457. The summed E-state index contributed by atoms with van der Waals surface area (Å²) < 4.78 is 5.15. The van der Waals surface area contributed by atoms with Crippen LogP contribution < -0.4 is 9.64 Å². The summed E-state index contributed by atoms with van der Waals surface area (Å²) in [5.74, 6) is 0.809. The van der Waals surface area contributed by atoms with Gasteiger partial charge in [-0.3, -0.25) is 4.90 Å². The van der Waals surface area contributed by atoms with Gasteiger partial charge in [0.15, 0.2) is 0 Å².